The summed E-state index contributed by atoms with van der Waals surface area (Å²) in [6.07, 6.45) is 3.16. The highest BCUT2D eigenvalue weighted by atomic mass is 16.5. The van der Waals surface area contributed by atoms with Gasteiger partial charge in [0, 0.05) is 17.5 Å². The number of benzene rings is 2. The van der Waals surface area contributed by atoms with E-state index in [0.29, 0.717) is 17.5 Å². The van der Waals surface area contributed by atoms with Crippen LogP contribution in [-0.4, -0.2) is 12.1 Å². The van der Waals surface area contributed by atoms with Crippen molar-refractivity contribution in [3.8, 4) is 11.8 Å². The first-order chi connectivity index (χ1) is 13.2. The maximum absolute atomic E-state index is 12.7. The first kappa shape index (κ1) is 18.3. The molecule has 3 heteroatoms. The van der Waals surface area contributed by atoms with Gasteiger partial charge in [0.05, 0.1) is 11.8 Å². The minimum absolute atomic E-state index is 0.430. The van der Waals surface area contributed by atoms with Crippen molar-refractivity contribution in [2.24, 2.45) is 0 Å². The third-order valence-electron chi connectivity index (χ3n) is 4.04. The van der Waals surface area contributed by atoms with E-state index in [0.717, 1.165) is 11.3 Å². The van der Waals surface area contributed by atoms with Gasteiger partial charge in [-0.05, 0) is 43.3 Å². The summed E-state index contributed by atoms with van der Waals surface area (Å²) in [5.41, 5.74) is 3.13. The second kappa shape index (κ2) is 8.73. The predicted molar refractivity (Wildman–Crippen MR) is 105 cm³/mol. The van der Waals surface area contributed by atoms with Crippen molar-refractivity contribution in [3.63, 3.8) is 0 Å². The lowest BCUT2D eigenvalue weighted by Crippen LogP contribution is -2.19. The molecule has 0 N–H and O–H groups in total. The molecule has 0 aliphatic rings. The van der Waals surface area contributed by atoms with E-state index in [1.807, 2.05) is 49.4 Å². The van der Waals surface area contributed by atoms with Crippen molar-refractivity contribution < 1.29 is 13.9 Å². The number of rotatable bonds is 5. The topological polar surface area (TPSA) is 39.4 Å². The monoisotopic (exact) mass is 356 g/mol. The standard InChI is InChI=1S/C24H20O3/c1-3-21(17-22-8-6-16-26-22)27-24(25)23-9-5-4-7-20(23)15-14-19-12-10-18(2)11-13-19/h3-13,16,21H,1,17H2,2H3. The molecule has 1 aromatic heterocycles. The average Bonchev–Trinajstić information content (AvgIpc) is 3.20. The zero-order valence-electron chi connectivity index (χ0n) is 15.1. The normalized spacial score (nSPS) is 11.1. The van der Waals surface area contributed by atoms with Crippen molar-refractivity contribution in [2.75, 3.05) is 0 Å². The van der Waals surface area contributed by atoms with Crippen LogP contribution >= 0.6 is 0 Å². The first-order valence-corrected chi connectivity index (χ1v) is 8.69. The van der Waals surface area contributed by atoms with E-state index in [1.165, 1.54) is 5.56 Å². The Hall–Kier alpha value is -3.51. The van der Waals surface area contributed by atoms with Gasteiger partial charge in [-0.15, -0.1) is 0 Å². The van der Waals surface area contributed by atoms with Crippen LogP contribution in [0.3, 0.4) is 0 Å². The lowest BCUT2D eigenvalue weighted by atomic mass is 10.1. The summed E-state index contributed by atoms with van der Waals surface area (Å²) in [5, 5.41) is 0. The number of ether oxygens (including phenoxy) is 1. The van der Waals surface area contributed by atoms with E-state index in [9.17, 15) is 4.79 Å². The van der Waals surface area contributed by atoms with Crippen molar-refractivity contribution >= 4 is 5.97 Å². The maximum Gasteiger partial charge on any atom is 0.340 e. The van der Waals surface area contributed by atoms with Gasteiger partial charge in [-0.25, -0.2) is 4.79 Å². The second-order valence-electron chi connectivity index (χ2n) is 6.12. The quantitative estimate of drug-likeness (QED) is 0.369. The van der Waals surface area contributed by atoms with Crippen molar-refractivity contribution in [2.45, 2.75) is 19.4 Å². The van der Waals surface area contributed by atoms with Crippen LogP contribution in [0.15, 0.2) is 84.0 Å². The molecule has 0 aliphatic carbocycles. The fourth-order valence-electron chi connectivity index (χ4n) is 2.55. The van der Waals surface area contributed by atoms with Gasteiger partial charge in [0.2, 0.25) is 0 Å². The Kier molecular flexibility index (Phi) is 5.91. The van der Waals surface area contributed by atoms with Crippen LogP contribution in [0.2, 0.25) is 0 Å². The Bertz CT molecular complexity index is 970. The summed E-state index contributed by atoms with van der Waals surface area (Å²) in [7, 11) is 0. The summed E-state index contributed by atoms with van der Waals surface area (Å²) in [5.74, 6) is 6.47. The SMILES string of the molecule is C=CC(Cc1ccco1)OC(=O)c1ccccc1C#Cc1ccc(C)cc1. The second-order valence-corrected chi connectivity index (χ2v) is 6.12. The molecule has 0 fully saturated rings. The molecule has 134 valence electrons. The van der Waals surface area contributed by atoms with E-state index in [1.54, 1.807) is 30.5 Å². The largest absolute Gasteiger partial charge is 0.469 e. The molecule has 0 saturated carbocycles. The first-order valence-electron chi connectivity index (χ1n) is 8.69. The van der Waals surface area contributed by atoms with Gasteiger partial charge >= 0.3 is 5.97 Å². The summed E-state index contributed by atoms with van der Waals surface area (Å²) in [4.78, 5) is 12.7. The Morgan fingerprint density at radius 1 is 1.11 bits per heavy atom. The molecule has 0 radical (unpaired) electrons. The predicted octanol–water partition coefficient (Wildman–Crippen LogP) is 4.94. The molecule has 3 rings (SSSR count). The molecular weight excluding hydrogens is 336 g/mol. The van der Waals surface area contributed by atoms with Crippen LogP contribution in [0.1, 0.15) is 32.8 Å². The minimum Gasteiger partial charge on any atom is -0.469 e. The Morgan fingerprint density at radius 2 is 1.89 bits per heavy atom. The van der Waals surface area contributed by atoms with Crippen LogP contribution in [0.25, 0.3) is 0 Å². The Labute approximate surface area is 159 Å². The maximum atomic E-state index is 12.7. The molecule has 1 atom stereocenters. The fourth-order valence-corrected chi connectivity index (χ4v) is 2.55. The molecule has 0 amide bonds. The molecule has 0 aliphatic heterocycles. The molecule has 1 unspecified atom stereocenters. The third-order valence-corrected chi connectivity index (χ3v) is 4.04. The molecule has 3 aromatic rings. The number of furan rings is 1. The van der Waals surface area contributed by atoms with Gasteiger partial charge < -0.3 is 9.15 Å². The molecule has 0 bridgehead atoms. The van der Waals surface area contributed by atoms with Crippen molar-refractivity contribution in [1.29, 1.82) is 0 Å². The van der Waals surface area contributed by atoms with E-state index < -0.39 is 12.1 Å². The number of carbonyl (C=O) groups is 1. The van der Waals surface area contributed by atoms with E-state index in [2.05, 4.69) is 18.4 Å². The lowest BCUT2D eigenvalue weighted by Gasteiger charge is -2.13. The zero-order valence-corrected chi connectivity index (χ0v) is 15.1. The van der Waals surface area contributed by atoms with E-state index >= 15 is 0 Å². The van der Waals surface area contributed by atoms with Gasteiger partial charge in [0.15, 0.2) is 0 Å². The molecule has 0 spiro atoms. The highest BCUT2D eigenvalue weighted by Gasteiger charge is 2.17. The number of carbonyl (C=O) groups excluding carboxylic acids is 1. The smallest absolute Gasteiger partial charge is 0.340 e. The Morgan fingerprint density at radius 3 is 2.59 bits per heavy atom. The van der Waals surface area contributed by atoms with Crippen LogP contribution in [-0.2, 0) is 11.2 Å². The highest BCUT2D eigenvalue weighted by Crippen LogP contribution is 2.14. The van der Waals surface area contributed by atoms with Crippen LogP contribution in [0.4, 0.5) is 0 Å². The van der Waals surface area contributed by atoms with Gasteiger partial charge in [-0.1, -0.05) is 54.3 Å². The molecule has 27 heavy (non-hydrogen) atoms. The summed E-state index contributed by atoms with van der Waals surface area (Å²) in [6, 6.07) is 18.7. The van der Waals surface area contributed by atoms with E-state index in [4.69, 9.17) is 9.15 Å². The van der Waals surface area contributed by atoms with Crippen molar-refractivity contribution in [3.05, 3.63) is 108 Å². The average molecular weight is 356 g/mol. The molecular formula is C24H20O3. The number of hydrogen-bond donors (Lipinski definition) is 0. The van der Waals surface area contributed by atoms with E-state index in [-0.39, 0.29) is 0 Å². The lowest BCUT2D eigenvalue weighted by molar-refractivity contribution is 0.0388. The van der Waals surface area contributed by atoms with Gasteiger partial charge in [-0.2, -0.15) is 0 Å². The summed E-state index contributed by atoms with van der Waals surface area (Å²) < 4.78 is 10.9. The number of hydrogen-bond acceptors (Lipinski definition) is 3. The van der Waals surface area contributed by atoms with Crippen molar-refractivity contribution in [1.82, 2.24) is 0 Å². The molecule has 0 saturated heterocycles. The number of aryl methyl sites for hydroxylation is 1. The van der Waals surface area contributed by atoms with Crippen LogP contribution in [0.5, 0.6) is 0 Å². The van der Waals surface area contributed by atoms with Crippen LogP contribution < -0.4 is 0 Å². The minimum atomic E-state index is -0.471. The zero-order chi connectivity index (χ0) is 19.1. The van der Waals surface area contributed by atoms with Gasteiger partial charge in [-0.3, -0.25) is 0 Å². The molecule has 1 heterocycles. The molecule has 2 aromatic carbocycles. The summed E-state index contributed by atoms with van der Waals surface area (Å²) >= 11 is 0. The van der Waals surface area contributed by atoms with Crippen LogP contribution in [0, 0.1) is 18.8 Å². The number of esters is 1. The highest BCUT2D eigenvalue weighted by molar-refractivity contribution is 5.92. The van der Waals surface area contributed by atoms with Gasteiger partial charge in [0.1, 0.15) is 11.9 Å². The third kappa shape index (κ3) is 4.99. The molecule has 3 nitrogen and oxygen atoms in total. The fraction of sp³-hybridized carbons (Fsp3) is 0.125. The summed E-state index contributed by atoms with van der Waals surface area (Å²) in [6.45, 7) is 5.78. The van der Waals surface area contributed by atoms with Gasteiger partial charge in [0.25, 0.3) is 0 Å². The Balaban J connectivity index is 1.77.